The van der Waals surface area contributed by atoms with Gasteiger partial charge in [-0.05, 0) is 38.0 Å². The molecule has 2 heteroatoms. The van der Waals surface area contributed by atoms with Crippen molar-refractivity contribution in [2.75, 3.05) is 0 Å². The van der Waals surface area contributed by atoms with E-state index in [0.29, 0.717) is 0 Å². The van der Waals surface area contributed by atoms with Crippen LogP contribution < -0.4 is 4.74 Å². The van der Waals surface area contributed by atoms with Crippen LogP contribution in [0.25, 0.3) is 0 Å². The molecule has 2 aromatic carbocycles. The third-order valence-corrected chi connectivity index (χ3v) is 4.98. The Morgan fingerprint density at radius 2 is 1.50 bits per heavy atom. The number of aryl methyl sites for hydroxylation is 2. The van der Waals surface area contributed by atoms with Crippen molar-refractivity contribution in [3.8, 4) is 5.75 Å². The van der Waals surface area contributed by atoms with Crippen molar-refractivity contribution in [3.63, 3.8) is 0 Å². The van der Waals surface area contributed by atoms with Gasteiger partial charge >= 0.3 is 0 Å². The molecule has 2 atom stereocenters. The molecule has 0 amide bonds. The van der Waals surface area contributed by atoms with Crippen molar-refractivity contribution in [3.05, 3.63) is 64.7 Å². The molecule has 2 unspecified atom stereocenters. The number of hydrogen-bond acceptors (Lipinski definition) is 2. The van der Waals surface area contributed by atoms with Gasteiger partial charge in [0.2, 0.25) is 0 Å². The van der Waals surface area contributed by atoms with Gasteiger partial charge < -0.3 is 9.84 Å². The van der Waals surface area contributed by atoms with Gasteiger partial charge in [0.25, 0.3) is 0 Å². The average molecular weight is 296 g/mol. The summed E-state index contributed by atoms with van der Waals surface area (Å²) in [7, 11) is 0. The van der Waals surface area contributed by atoms with Crippen LogP contribution in [-0.4, -0.2) is 11.2 Å². The van der Waals surface area contributed by atoms with E-state index in [-0.39, 0.29) is 5.41 Å². The molecule has 0 saturated carbocycles. The molecule has 22 heavy (non-hydrogen) atoms. The van der Waals surface area contributed by atoms with Gasteiger partial charge in [-0.1, -0.05) is 55.8 Å². The maximum Gasteiger partial charge on any atom is 0.158 e. The zero-order chi connectivity index (χ0) is 16.1. The van der Waals surface area contributed by atoms with Gasteiger partial charge in [0.1, 0.15) is 11.9 Å². The number of ether oxygens (including phenoxy) is 1. The van der Waals surface area contributed by atoms with Gasteiger partial charge in [-0.3, -0.25) is 0 Å². The van der Waals surface area contributed by atoms with Crippen LogP contribution in [0.15, 0.2) is 42.5 Å². The Morgan fingerprint density at radius 3 is 2.14 bits per heavy atom. The van der Waals surface area contributed by atoms with Crippen LogP contribution in [0.4, 0.5) is 0 Å². The van der Waals surface area contributed by atoms with Gasteiger partial charge in [0, 0.05) is 11.0 Å². The minimum Gasteiger partial charge on any atom is -0.480 e. The largest absolute Gasteiger partial charge is 0.480 e. The third-order valence-electron chi connectivity index (χ3n) is 4.98. The van der Waals surface area contributed by atoms with E-state index in [2.05, 4.69) is 70.2 Å². The van der Waals surface area contributed by atoms with E-state index >= 15 is 0 Å². The molecule has 2 aromatic rings. The first-order valence-corrected chi connectivity index (χ1v) is 7.80. The maximum absolute atomic E-state index is 11.1. The van der Waals surface area contributed by atoms with Crippen LogP contribution in [0.1, 0.15) is 43.0 Å². The summed E-state index contributed by atoms with van der Waals surface area (Å²) in [5, 5.41) is 11.1. The summed E-state index contributed by atoms with van der Waals surface area (Å²) >= 11 is 0. The summed E-state index contributed by atoms with van der Waals surface area (Å²) in [6.45, 7) is 10.3. The molecule has 0 aromatic heterocycles. The SMILES string of the molecule is Cc1ccc(C2(C)Oc3cc(C)ccc3C(C)(C)C2O)cc1. The average Bonchev–Trinajstić information content (AvgIpc) is 2.45. The van der Waals surface area contributed by atoms with Crippen LogP contribution in [0.5, 0.6) is 5.75 Å². The summed E-state index contributed by atoms with van der Waals surface area (Å²) in [6.07, 6.45) is -0.627. The van der Waals surface area contributed by atoms with Crippen molar-refractivity contribution in [1.29, 1.82) is 0 Å². The van der Waals surface area contributed by atoms with Gasteiger partial charge in [-0.2, -0.15) is 0 Å². The Morgan fingerprint density at radius 1 is 0.909 bits per heavy atom. The van der Waals surface area contributed by atoms with Crippen LogP contribution in [0.2, 0.25) is 0 Å². The fourth-order valence-corrected chi connectivity index (χ4v) is 3.47. The number of rotatable bonds is 1. The second-order valence-corrected chi connectivity index (χ2v) is 7.20. The van der Waals surface area contributed by atoms with Crippen molar-refractivity contribution >= 4 is 0 Å². The fourth-order valence-electron chi connectivity index (χ4n) is 3.47. The molecule has 2 nitrogen and oxygen atoms in total. The standard InChI is InChI=1S/C20H24O2/c1-13-6-9-15(10-7-13)20(5)18(21)19(3,4)16-11-8-14(2)12-17(16)22-20/h6-12,18,21H,1-5H3. The summed E-state index contributed by atoms with van der Waals surface area (Å²) in [5.41, 5.74) is 3.31. The summed E-state index contributed by atoms with van der Waals surface area (Å²) < 4.78 is 6.32. The van der Waals surface area contributed by atoms with Crippen molar-refractivity contribution in [2.24, 2.45) is 0 Å². The Hall–Kier alpha value is -1.80. The lowest BCUT2D eigenvalue weighted by molar-refractivity contribution is -0.0976. The van der Waals surface area contributed by atoms with Crippen molar-refractivity contribution in [1.82, 2.24) is 0 Å². The lowest BCUT2D eigenvalue weighted by atomic mass is 9.68. The number of benzene rings is 2. The van der Waals surface area contributed by atoms with Gasteiger partial charge in [-0.25, -0.2) is 0 Å². The summed E-state index contributed by atoms with van der Waals surface area (Å²) in [6, 6.07) is 14.4. The smallest absolute Gasteiger partial charge is 0.158 e. The predicted molar refractivity (Wildman–Crippen MR) is 89.4 cm³/mol. The van der Waals surface area contributed by atoms with Gasteiger partial charge in [-0.15, -0.1) is 0 Å². The van der Waals surface area contributed by atoms with Crippen LogP contribution in [0.3, 0.4) is 0 Å². The number of aliphatic hydroxyl groups excluding tert-OH is 1. The molecule has 0 bridgehead atoms. The lowest BCUT2D eigenvalue weighted by Crippen LogP contribution is -2.55. The summed E-state index contributed by atoms with van der Waals surface area (Å²) in [5.74, 6) is 0.873. The molecule has 1 aliphatic heterocycles. The topological polar surface area (TPSA) is 29.5 Å². The Labute approximate surface area is 132 Å². The van der Waals surface area contributed by atoms with E-state index in [9.17, 15) is 5.11 Å². The van der Waals surface area contributed by atoms with E-state index < -0.39 is 11.7 Å². The molecule has 0 saturated heterocycles. The monoisotopic (exact) mass is 296 g/mol. The summed E-state index contributed by atoms with van der Waals surface area (Å²) in [4.78, 5) is 0. The first-order chi connectivity index (χ1) is 10.2. The quantitative estimate of drug-likeness (QED) is 0.852. The molecule has 1 N–H and O–H groups in total. The molecule has 0 fully saturated rings. The highest BCUT2D eigenvalue weighted by Crippen LogP contribution is 2.49. The third kappa shape index (κ3) is 2.14. The maximum atomic E-state index is 11.1. The number of fused-ring (bicyclic) bond motifs is 1. The van der Waals surface area contributed by atoms with E-state index in [1.54, 1.807) is 0 Å². The van der Waals surface area contributed by atoms with E-state index in [4.69, 9.17) is 4.74 Å². The number of hydrogen-bond donors (Lipinski definition) is 1. The van der Waals surface area contributed by atoms with E-state index in [1.165, 1.54) is 5.56 Å². The zero-order valence-corrected chi connectivity index (χ0v) is 14.0. The van der Waals surface area contributed by atoms with E-state index in [0.717, 1.165) is 22.4 Å². The van der Waals surface area contributed by atoms with Crippen LogP contribution in [0, 0.1) is 13.8 Å². The van der Waals surface area contributed by atoms with Crippen LogP contribution in [-0.2, 0) is 11.0 Å². The predicted octanol–water partition coefficient (Wildman–Crippen LogP) is 4.25. The Balaban J connectivity index is 2.16. The second-order valence-electron chi connectivity index (χ2n) is 7.20. The molecule has 0 spiro atoms. The van der Waals surface area contributed by atoms with Crippen molar-refractivity contribution < 1.29 is 9.84 Å². The molecule has 116 valence electrons. The minimum absolute atomic E-state index is 0.374. The highest BCUT2D eigenvalue weighted by atomic mass is 16.5. The molecule has 1 heterocycles. The second kappa shape index (κ2) is 4.85. The number of aliphatic hydroxyl groups is 1. The normalized spacial score (nSPS) is 26.2. The van der Waals surface area contributed by atoms with Crippen molar-refractivity contribution in [2.45, 2.75) is 51.7 Å². The molecule has 0 radical (unpaired) electrons. The molecule has 1 aliphatic rings. The first kappa shape index (κ1) is 15.1. The van der Waals surface area contributed by atoms with Gasteiger partial charge in [0.05, 0.1) is 0 Å². The Bertz CT molecular complexity index is 700. The zero-order valence-electron chi connectivity index (χ0n) is 14.0. The highest BCUT2D eigenvalue weighted by molar-refractivity contribution is 5.47. The van der Waals surface area contributed by atoms with Gasteiger partial charge in [0.15, 0.2) is 5.60 Å². The first-order valence-electron chi connectivity index (χ1n) is 7.80. The fraction of sp³-hybridized carbons (Fsp3) is 0.400. The molecule has 3 rings (SSSR count). The highest BCUT2D eigenvalue weighted by Gasteiger charge is 2.51. The van der Waals surface area contributed by atoms with E-state index in [1.807, 2.05) is 6.92 Å². The lowest BCUT2D eigenvalue weighted by Gasteiger charge is -2.48. The van der Waals surface area contributed by atoms with Crippen LogP contribution >= 0.6 is 0 Å². The molecule has 0 aliphatic carbocycles. The Kier molecular flexibility index (Phi) is 3.33. The molecular weight excluding hydrogens is 272 g/mol. The molecular formula is C20H24O2. The minimum atomic E-state index is -0.752.